The maximum absolute atomic E-state index is 4.87. The molecule has 0 aliphatic heterocycles. The van der Waals surface area contributed by atoms with Gasteiger partial charge in [0.1, 0.15) is 0 Å². The Morgan fingerprint density at radius 3 is 3.11 bits per heavy atom. The molecule has 50 valence electrons. The molecule has 2 nitrogen and oxygen atoms in total. The van der Waals surface area contributed by atoms with Gasteiger partial charge < -0.3 is 9.72 Å². The highest BCUT2D eigenvalue weighted by molar-refractivity contribution is 7.73. The molecule has 0 aliphatic carbocycles. The molecule has 0 amide bonds. The molecule has 1 heterocycles. The number of nitrogens with one attached hydrogen (secondary N) is 1. The summed E-state index contributed by atoms with van der Waals surface area (Å²) in [6, 6.07) is 0. The number of methoxy groups -OCH3 is 1. The molecular weight excluding hydrogens is 154 g/mol. The van der Waals surface area contributed by atoms with Gasteiger partial charge in [-0.2, -0.15) is 0 Å². The zero-order chi connectivity index (χ0) is 6.69. The maximum atomic E-state index is 4.87. The standard InChI is InChI=1S/C5H7NOS2/c1-7-2-4-3-9-5(8)6-4/h3H,2H2,1H3,(H,6,8). The summed E-state index contributed by atoms with van der Waals surface area (Å²) in [4.78, 5) is 2.99. The molecule has 0 radical (unpaired) electrons. The minimum Gasteiger partial charge on any atom is -0.378 e. The summed E-state index contributed by atoms with van der Waals surface area (Å²) in [5, 5.41) is 1.96. The van der Waals surface area contributed by atoms with Crippen molar-refractivity contribution in [2.45, 2.75) is 6.61 Å². The van der Waals surface area contributed by atoms with Gasteiger partial charge in [-0.3, -0.25) is 0 Å². The lowest BCUT2D eigenvalue weighted by Gasteiger charge is -1.89. The Labute approximate surface area is 62.5 Å². The van der Waals surface area contributed by atoms with Crippen molar-refractivity contribution in [2.24, 2.45) is 0 Å². The van der Waals surface area contributed by atoms with E-state index in [1.807, 2.05) is 5.38 Å². The Bertz CT molecular complexity index is 227. The third-order valence-electron chi connectivity index (χ3n) is 0.871. The molecule has 0 saturated heterocycles. The molecule has 0 spiro atoms. The molecule has 0 saturated carbocycles. The topological polar surface area (TPSA) is 25.0 Å². The molecule has 0 aromatic carbocycles. The molecule has 9 heavy (non-hydrogen) atoms. The Kier molecular flexibility index (Phi) is 2.38. The molecule has 0 fully saturated rings. The van der Waals surface area contributed by atoms with E-state index in [1.165, 1.54) is 11.3 Å². The SMILES string of the molecule is COCc1csc(=S)[nH]1. The molecular formula is C5H7NOS2. The number of aromatic amines is 1. The number of hydrogen-bond donors (Lipinski definition) is 1. The summed E-state index contributed by atoms with van der Waals surface area (Å²) in [5.41, 5.74) is 1.05. The number of H-pyrrole nitrogens is 1. The van der Waals surface area contributed by atoms with Crippen LogP contribution in [0.25, 0.3) is 0 Å². The summed E-state index contributed by atoms with van der Waals surface area (Å²) in [5.74, 6) is 0. The predicted octanol–water partition coefficient (Wildman–Crippen LogP) is 1.95. The van der Waals surface area contributed by atoms with E-state index in [2.05, 4.69) is 4.98 Å². The van der Waals surface area contributed by atoms with Crippen LogP contribution in [-0.4, -0.2) is 12.1 Å². The highest BCUT2D eigenvalue weighted by atomic mass is 32.1. The average Bonchev–Trinajstić information content (AvgIpc) is 2.17. The lowest BCUT2D eigenvalue weighted by Crippen LogP contribution is -1.85. The van der Waals surface area contributed by atoms with Gasteiger partial charge in [0, 0.05) is 12.5 Å². The molecule has 0 bridgehead atoms. The third kappa shape index (κ3) is 1.89. The van der Waals surface area contributed by atoms with Crippen LogP contribution in [0.3, 0.4) is 0 Å². The molecule has 1 N–H and O–H groups in total. The van der Waals surface area contributed by atoms with E-state index in [0.29, 0.717) is 6.61 Å². The molecule has 0 atom stereocenters. The molecule has 0 aliphatic rings. The predicted molar refractivity (Wildman–Crippen MR) is 40.2 cm³/mol. The number of rotatable bonds is 2. The van der Waals surface area contributed by atoms with Crippen molar-refractivity contribution in [1.29, 1.82) is 0 Å². The summed E-state index contributed by atoms with van der Waals surface area (Å²) in [7, 11) is 1.66. The van der Waals surface area contributed by atoms with Crippen LogP contribution in [0, 0.1) is 3.95 Å². The van der Waals surface area contributed by atoms with Crippen LogP contribution in [0.15, 0.2) is 5.38 Å². The fraction of sp³-hybridized carbons (Fsp3) is 0.400. The Morgan fingerprint density at radius 2 is 2.67 bits per heavy atom. The van der Waals surface area contributed by atoms with Gasteiger partial charge in [0.05, 0.1) is 12.3 Å². The number of aromatic nitrogens is 1. The van der Waals surface area contributed by atoms with Gasteiger partial charge in [0.2, 0.25) is 0 Å². The highest BCUT2D eigenvalue weighted by Gasteiger charge is 1.90. The molecule has 4 heteroatoms. The van der Waals surface area contributed by atoms with Gasteiger partial charge in [0.25, 0.3) is 0 Å². The van der Waals surface area contributed by atoms with Crippen molar-refractivity contribution < 1.29 is 4.74 Å². The van der Waals surface area contributed by atoms with Crippen molar-refractivity contribution in [3.05, 3.63) is 15.0 Å². The van der Waals surface area contributed by atoms with E-state index in [9.17, 15) is 0 Å². The first-order chi connectivity index (χ1) is 4.33. The molecule has 1 aromatic rings. The fourth-order valence-corrected chi connectivity index (χ4v) is 1.38. The zero-order valence-corrected chi connectivity index (χ0v) is 6.64. The van der Waals surface area contributed by atoms with Gasteiger partial charge in [-0.05, 0) is 12.2 Å². The zero-order valence-electron chi connectivity index (χ0n) is 5.01. The normalized spacial score (nSPS) is 9.89. The van der Waals surface area contributed by atoms with Crippen LogP contribution >= 0.6 is 23.6 Å². The minimum absolute atomic E-state index is 0.618. The van der Waals surface area contributed by atoms with E-state index < -0.39 is 0 Å². The van der Waals surface area contributed by atoms with Crippen molar-refractivity contribution in [1.82, 2.24) is 4.98 Å². The second-order valence-electron chi connectivity index (χ2n) is 1.61. The van der Waals surface area contributed by atoms with E-state index in [-0.39, 0.29) is 0 Å². The number of ether oxygens (including phenoxy) is 1. The fourth-order valence-electron chi connectivity index (χ4n) is 0.540. The maximum Gasteiger partial charge on any atom is 0.158 e. The largest absolute Gasteiger partial charge is 0.378 e. The first-order valence-electron chi connectivity index (χ1n) is 2.48. The van der Waals surface area contributed by atoms with Crippen molar-refractivity contribution >= 4 is 23.6 Å². The van der Waals surface area contributed by atoms with Crippen LogP contribution in [0.4, 0.5) is 0 Å². The van der Waals surface area contributed by atoms with Crippen LogP contribution < -0.4 is 0 Å². The van der Waals surface area contributed by atoms with E-state index in [1.54, 1.807) is 7.11 Å². The van der Waals surface area contributed by atoms with Gasteiger partial charge >= 0.3 is 0 Å². The smallest absolute Gasteiger partial charge is 0.158 e. The lowest BCUT2D eigenvalue weighted by molar-refractivity contribution is 0.182. The van der Waals surface area contributed by atoms with E-state index in [4.69, 9.17) is 17.0 Å². The summed E-state index contributed by atoms with van der Waals surface area (Å²) >= 11 is 6.38. The van der Waals surface area contributed by atoms with Crippen LogP contribution in [-0.2, 0) is 11.3 Å². The van der Waals surface area contributed by atoms with Crippen molar-refractivity contribution in [3.8, 4) is 0 Å². The van der Waals surface area contributed by atoms with Gasteiger partial charge in [0.15, 0.2) is 3.95 Å². The highest BCUT2D eigenvalue weighted by Crippen LogP contribution is 2.04. The average molecular weight is 161 g/mol. The van der Waals surface area contributed by atoms with Gasteiger partial charge in [-0.15, -0.1) is 11.3 Å². The third-order valence-corrected chi connectivity index (χ3v) is 1.98. The minimum atomic E-state index is 0.618. The second-order valence-corrected chi connectivity index (χ2v) is 3.15. The van der Waals surface area contributed by atoms with Crippen LogP contribution in [0.1, 0.15) is 5.69 Å². The summed E-state index contributed by atoms with van der Waals surface area (Å²) < 4.78 is 5.68. The molecule has 0 unspecified atom stereocenters. The summed E-state index contributed by atoms with van der Waals surface area (Å²) in [6.07, 6.45) is 0. The number of hydrogen-bond acceptors (Lipinski definition) is 3. The molecule has 1 aromatic heterocycles. The Hall–Kier alpha value is -0.190. The first kappa shape index (κ1) is 6.92. The van der Waals surface area contributed by atoms with Crippen molar-refractivity contribution in [3.63, 3.8) is 0 Å². The Balaban J connectivity index is 2.73. The second kappa shape index (κ2) is 3.10. The van der Waals surface area contributed by atoms with Gasteiger partial charge in [-0.25, -0.2) is 0 Å². The quantitative estimate of drug-likeness (QED) is 0.671. The lowest BCUT2D eigenvalue weighted by atomic mass is 10.5. The Morgan fingerprint density at radius 1 is 1.89 bits per heavy atom. The van der Waals surface area contributed by atoms with Gasteiger partial charge in [-0.1, -0.05) is 0 Å². The first-order valence-corrected chi connectivity index (χ1v) is 3.77. The van der Waals surface area contributed by atoms with Crippen LogP contribution in [0.5, 0.6) is 0 Å². The van der Waals surface area contributed by atoms with E-state index >= 15 is 0 Å². The van der Waals surface area contributed by atoms with E-state index in [0.717, 1.165) is 9.65 Å². The van der Waals surface area contributed by atoms with Crippen LogP contribution in [0.2, 0.25) is 0 Å². The monoisotopic (exact) mass is 161 g/mol. The number of thiazole rings is 1. The molecule has 1 rings (SSSR count). The van der Waals surface area contributed by atoms with Crippen molar-refractivity contribution in [2.75, 3.05) is 7.11 Å². The summed E-state index contributed by atoms with van der Waals surface area (Å²) in [6.45, 7) is 0.618.